The quantitative estimate of drug-likeness (QED) is 0.200. The Morgan fingerprint density at radius 2 is 0.841 bits per heavy atom. The number of aromatic nitrogens is 2. The lowest BCUT2D eigenvalue weighted by molar-refractivity contribution is 1.36. The zero-order valence-electron chi connectivity index (χ0n) is 25.1. The van der Waals surface area contributed by atoms with E-state index in [1.807, 2.05) is 0 Å². The van der Waals surface area contributed by atoms with Crippen molar-refractivity contribution in [2.45, 2.75) is 27.7 Å². The van der Waals surface area contributed by atoms with Crippen molar-refractivity contribution in [1.29, 1.82) is 0 Å². The van der Waals surface area contributed by atoms with Gasteiger partial charge < -0.3 is 0 Å². The van der Waals surface area contributed by atoms with Crippen LogP contribution in [0.5, 0.6) is 0 Å². The lowest BCUT2D eigenvalue weighted by atomic mass is 9.88. The van der Waals surface area contributed by atoms with Crippen LogP contribution in [0.2, 0.25) is 0 Å². The molecule has 8 aromatic rings. The Balaban J connectivity index is 1.23. The molecular formula is C40H30N2S2. The number of hydrogen-bond donors (Lipinski definition) is 0. The minimum absolute atomic E-state index is 1.05. The van der Waals surface area contributed by atoms with E-state index in [-0.39, 0.29) is 0 Å². The van der Waals surface area contributed by atoms with Gasteiger partial charge in [-0.15, -0.1) is 22.7 Å². The third-order valence-electron chi connectivity index (χ3n) is 8.77. The highest BCUT2D eigenvalue weighted by molar-refractivity contribution is 7.22. The highest BCUT2D eigenvalue weighted by Crippen LogP contribution is 2.43. The molecular weight excluding hydrogens is 573 g/mol. The first-order valence-corrected chi connectivity index (χ1v) is 16.5. The van der Waals surface area contributed by atoms with E-state index in [1.54, 1.807) is 22.7 Å². The number of nitrogens with zero attached hydrogens (tertiary/aromatic N) is 2. The van der Waals surface area contributed by atoms with Crippen LogP contribution in [0.1, 0.15) is 22.3 Å². The fourth-order valence-electron chi connectivity index (χ4n) is 6.57. The van der Waals surface area contributed by atoms with Crippen molar-refractivity contribution in [1.82, 2.24) is 9.97 Å². The van der Waals surface area contributed by atoms with Crippen LogP contribution in [0.4, 0.5) is 0 Å². The maximum absolute atomic E-state index is 5.11. The van der Waals surface area contributed by atoms with E-state index in [2.05, 4.69) is 137 Å². The summed E-state index contributed by atoms with van der Waals surface area (Å²) in [5.74, 6) is 0. The fourth-order valence-corrected chi connectivity index (χ4v) is 8.73. The zero-order valence-corrected chi connectivity index (χ0v) is 26.7. The van der Waals surface area contributed by atoms with Gasteiger partial charge in [0.25, 0.3) is 0 Å². The molecule has 0 aliphatic heterocycles. The summed E-state index contributed by atoms with van der Waals surface area (Å²) in [4.78, 5) is 10.2. The van der Waals surface area contributed by atoms with Gasteiger partial charge in [0.2, 0.25) is 0 Å². The lowest BCUT2D eigenvalue weighted by Crippen LogP contribution is -1.96. The summed E-state index contributed by atoms with van der Waals surface area (Å²) in [6, 6.07) is 39.0. The summed E-state index contributed by atoms with van der Waals surface area (Å²) >= 11 is 3.57. The van der Waals surface area contributed by atoms with E-state index < -0.39 is 0 Å². The third-order valence-corrected chi connectivity index (χ3v) is 10.9. The maximum Gasteiger partial charge on any atom is 0.124 e. The van der Waals surface area contributed by atoms with Crippen molar-refractivity contribution < 1.29 is 0 Å². The zero-order chi connectivity index (χ0) is 29.9. The Labute approximate surface area is 265 Å². The summed E-state index contributed by atoms with van der Waals surface area (Å²) in [6.45, 7) is 9.00. The monoisotopic (exact) mass is 602 g/mol. The number of aryl methyl sites for hydroxylation is 4. The van der Waals surface area contributed by atoms with Gasteiger partial charge in [-0.3, -0.25) is 0 Å². The number of hydrogen-bond acceptors (Lipinski definition) is 4. The van der Waals surface area contributed by atoms with Crippen LogP contribution in [-0.2, 0) is 0 Å². The summed E-state index contributed by atoms with van der Waals surface area (Å²) < 4.78 is 2.43. The molecule has 212 valence electrons. The first-order chi connectivity index (χ1) is 21.4. The molecule has 0 spiro atoms. The first-order valence-electron chi connectivity index (χ1n) is 14.9. The smallest absolute Gasteiger partial charge is 0.124 e. The van der Waals surface area contributed by atoms with E-state index in [1.165, 1.54) is 75.8 Å². The molecule has 2 nitrogen and oxygen atoms in total. The van der Waals surface area contributed by atoms with Crippen LogP contribution < -0.4 is 0 Å². The van der Waals surface area contributed by atoms with Gasteiger partial charge in [0.15, 0.2) is 0 Å². The van der Waals surface area contributed by atoms with E-state index in [0.29, 0.717) is 0 Å². The van der Waals surface area contributed by atoms with Crippen LogP contribution in [0.3, 0.4) is 0 Å². The standard InChI is InChI=1S/C40H30N2S2/c1-23-19-31(39-41-33-17-15-29(21-35(33)43-39)27-11-7-5-8-12-27)26(4)38-24(2)20-32(25(3)37(23)38)40-42-34-18-16-30(22-36(34)44-40)28-13-9-6-10-14-28/h5-22H,1-4H3. The molecule has 0 aliphatic rings. The number of benzene rings is 6. The van der Waals surface area contributed by atoms with Crippen molar-refractivity contribution in [2.75, 3.05) is 0 Å². The Bertz CT molecular complexity index is 2190. The third kappa shape index (κ3) is 4.45. The second kappa shape index (κ2) is 10.5. The minimum Gasteiger partial charge on any atom is -0.236 e. The molecule has 4 heteroatoms. The van der Waals surface area contributed by atoms with Crippen molar-refractivity contribution in [3.05, 3.63) is 131 Å². The molecule has 44 heavy (non-hydrogen) atoms. The Hall–Kier alpha value is -4.64. The number of thiazole rings is 2. The molecule has 0 radical (unpaired) electrons. The second-order valence-corrected chi connectivity index (χ2v) is 13.7. The minimum atomic E-state index is 1.05. The highest BCUT2D eigenvalue weighted by Gasteiger charge is 2.19. The topological polar surface area (TPSA) is 25.8 Å². The van der Waals surface area contributed by atoms with Gasteiger partial charge in [0.1, 0.15) is 10.0 Å². The predicted octanol–water partition coefficient (Wildman–Crippen LogP) is 12.0. The van der Waals surface area contributed by atoms with E-state index in [9.17, 15) is 0 Å². The fraction of sp³-hybridized carbons (Fsp3) is 0.100. The van der Waals surface area contributed by atoms with Crippen molar-refractivity contribution in [3.63, 3.8) is 0 Å². The number of fused-ring (bicyclic) bond motifs is 3. The lowest BCUT2D eigenvalue weighted by Gasteiger charge is -2.17. The van der Waals surface area contributed by atoms with Crippen LogP contribution in [-0.4, -0.2) is 9.97 Å². The van der Waals surface area contributed by atoms with Crippen LogP contribution in [0.25, 0.3) is 74.6 Å². The van der Waals surface area contributed by atoms with Gasteiger partial charge >= 0.3 is 0 Å². The Morgan fingerprint density at radius 3 is 1.25 bits per heavy atom. The van der Waals surface area contributed by atoms with Gasteiger partial charge in [0.05, 0.1) is 20.4 Å². The molecule has 0 saturated carbocycles. The average Bonchev–Trinajstić information content (AvgIpc) is 3.68. The van der Waals surface area contributed by atoms with Crippen LogP contribution >= 0.6 is 22.7 Å². The number of rotatable bonds is 4. The summed E-state index contributed by atoms with van der Waals surface area (Å²) in [5.41, 5.74) is 14.6. The van der Waals surface area contributed by atoms with Crippen molar-refractivity contribution in [3.8, 4) is 43.4 Å². The Kier molecular flexibility index (Phi) is 6.44. The van der Waals surface area contributed by atoms with Gasteiger partial charge in [-0.2, -0.15) is 0 Å². The normalized spacial score (nSPS) is 11.6. The van der Waals surface area contributed by atoms with Crippen molar-refractivity contribution >= 4 is 53.9 Å². The van der Waals surface area contributed by atoms with E-state index in [0.717, 1.165) is 21.0 Å². The molecule has 0 fully saturated rings. The predicted molar refractivity (Wildman–Crippen MR) is 191 cm³/mol. The first kappa shape index (κ1) is 26.9. The molecule has 0 aliphatic carbocycles. The van der Waals surface area contributed by atoms with Gasteiger partial charge in [0, 0.05) is 11.1 Å². The summed E-state index contributed by atoms with van der Waals surface area (Å²) in [5, 5.41) is 4.82. The summed E-state index contributed by atoms with van der Waals surface area (Å²) in [6.07, 6.45) is 0. The van der Waals surface area contributed by atoms with Gasteiger partial charge in [-0.25, -0.2) is 9.97 Å². The van der Waals surface area contributed by atoms with Crippen molar-refractivity contribution in [2.24, 2.45) is 0 Å². The van der Waals surface area contributed by atoms with Gasteiger partial charge in [-0.1, -0.05) is 72.8 Å². The highest BCUT2D eigenvalue weighted by atomic mass is 32.1. The summed E-state index contributed by atoms with van der Waals surface area (Å²) in [7, 11) is 0. The molecule has 6 aromatic carbocycles. The molecule has 8 rings (SSSR count). The maximum atomic E-state index is 5.11. The molecule has 0 atom stereocenters. The van der Waals surface area contributed by atoms with E-state index in [4.69, 9.17) is 9.97 Å². The largest absolute Gasteiger partial charge is 0.236 e. The second-order valence-electron chi connectivity index (χ2n) is 11.6. The molecule has 0 N–H and O–H groups in total. The molecule has 0 bridgehead atoms. The molecule has 0 saturated heterocycles. The molecule has 2 aromatic heterocycles. The average molecular weight is 603 g/mol. The van der Waals surface area contributed by atoms with Crippen LogP contribution in [0.15, 0.2) is 109 Å². The van der Waals surface area contributed by atoms with E-state index >= 15 is 0 Å². The van der Waals surface area contributed by atoms with Gasteiger partial charge in [-0.05, 0) is 119 Å². The van der Waals surface area contributed by atoms with Crippen LogP contribution in [0, 0.1) is 27.7 Å². The SMILES string of the molecule is Cc1cc(-c2nc3ccc(-c4ccccc4)cc3s2)c(C)c2c(C)cc(-c3nc4ccc(-c5ccccc5)cc4s3)c(C)c12. The molecule has 0 unspecified atom stereocenters. The molecule has 0 amide bonds. The Morgan fingerprint density at radius 1 is 0.432 bits per heavy atom. The molecule has 2 heterocycles.